The predicted octanol–water partition coefficient (Wildman–Crippen LogP) is 4.03. The highest BCUT2D eigenvalue weighted by molar-refractivity contribution is 8.16. The average molecular weight is 558 g/mol. The molecule has 0 aromatic heterocycles. The molecule has 2 atom stereocenters. The van der Waals surface area contributed by atoms with Gasteiger partial charge in [-0.25, -0.2) is 9.79 Å². The van der Waals surface area contributed by atoms with E-state index in [1.807, 2.05) is 29.4 Å². The number of fused-ring (bicyclic) bond motifs is 1. The molecule has 39 heavy (non-hydrogen) atoms. The lowest BCUT2D eigenvalue weighted by Gasteiger charge is -2.37. The Labute approximate surface area is 233 Å². The van der Waals surface area contributed by atoms with Gasteiger partial charge in [-0.2, -0.15) is 0 Å². The number of methoxy groups -OCH3 is 3. The van der Waals surface area contributed by atoms with E-state index in [1.54, 1.807) is 32.1 Å². The zero-order valence-electron chi connectivity index (χ0n) is 23.0. The smallest absolute Gasteiger partial charge is 0.338 e. The number of likely N-dealkylation sites (tertiary alicyclic amines) is 1. The molecule has 0 spiro atoms. The molecule has 1 saturated heterocycles. The van der Waals surface area contributed by atoms with E-state index in [0.717, 1.165) is 12.0 Å². The molecular weight excluding hydrogens is 522 g/mol. The Bertz CT molecular complexity index is 1200. The highest BCUT2D eigenvalue weighted by Gasteiger charge is 2.42. The molecule has 1 amide bonds. The summed E-state index contributed by atoms with van der Waals surface area (Å²) in [6.07, 6.45) is 2.06. The highest BCUT2D eigenvalue weighted by Crippen LogP contribution is 2.46. The molecule has 3 heterocycles. The molecule has 0 unspecified atom stereocenters. The standard InChI is InChI=1S/C28H35N3O7S/c1-6-22-24(27(34)37-5)25(18-11-20(35-3)14-21(12-18)36-4)31-19(16-39-28(31)29-22)13-23(32)30-10-8-9-17(15-30)26(33)38-7-2/h11-12,14,16-17,25H,6-10,13,15H2,1-5H3/t17-,25-/m1/s1. The second kappa shape index (κ2) is 12.6. The topological polar surface area (TPSA) is 107 Å². The summed E-state index contributed by atoms with van der Waals surface area (Å²) in [5, 5.41) is 2.58. The minimum atomic E-state index is -0.605. The second-order valence-corrected chi connectivity index (χ2v) is 10.2. The van der Waals surface area contributed by atoms with Crippen LogP contribution in [-0.4, -0.2) is 73.8 Å². The Morgan fingerprint density at radius 3 is 2.41 bits per heavy atom. The summed E-state index contributed by atoms with van der Waals surface area (Å²) in [5.41, 5.74) is 2.48. The van der Waals surface area contributed by atoms with Gasteiger partial charge >= 0.3 is 11.9 Å². The average Bonchev–Trinajstić information content (AvgIpc) is 3.37. The van der Waals surface area contributed by atoms with Crippen molar-refractivity contribution in [1.29, 1.82) is 0 Å². The zero-order valence-corrected chi connectivity index (χ0v) is 23.8. The molecule has 3 aliphatic rings. The molecule has 0 N–H and O–H groups in total. The number of ether oxygens (including phenoxy) is 4. The first-order chi connectivity index (χ1) is 18.8. The molecule has 0 saturated carbocycles. The van der Waals surface area contributed by atoms with Gasteiger partial charge in [0.15, 0.2) is 5.17 Å². The maximum atomic E-state index is 13.5. The Morgan fingerprint density at radius 1 is 1.08 bits per heavy atom. The number of thioether (sulfide) groups is 1. The monoisotopic (exact) mass is 557 g/mol. The van der Waals surface area contributed by atoms with Crippen LogP contribution in [0.3, 0.4) is 0 Å². The van der Waals surface area contributed by atoms with Crippen molar-refractivity contribution in [3.8, 4) is 11.5 Å². The van der Waals surface area contributed by atoms with Gasteiger partial charge in [-0.15, -0.1) is 0 Å². The summed E-state index contributed by atoms with van der Waals surface area (Å²) in [6, 6.07) is 4.86. The normalized spacial score (nSPS) is 20.6. The van der Waals surface area contributed by atoms with Gasteiger partial charge in [0.1, 0.15) is 11.5 Å². The first-order valence-corrected chi connectivity index (χ1v) is 13.9. The molecule has 0 bridgehead atoms. The van der Waals surface area contributed by atoms with Gasteiger partial charge in [-0.05, 0) is 49.3 Å². The molecule has 1 aromatic rings. The molecule has 3 aliphatic heterocycles. The third-order valence-electron chi connectivity index (χ3n) is 7.05. The Hall–Kier alpha value is -3.47. The van der Waals surface area contributed by atoms with E-state index in [-0.39, 0.29) is 24.2 Å². The van der Waals surface area contributed by atoms with E-state index in [0.29, 0.717) is 66.2 Å². The van der Waals surface area contributed by atoms with Crippen LogP contribution in [-0.2, 0) is 23.9 Å². The van der Waals surface area contributed by atoms with E-state index in [4.69, 9.17) is 23.9 Å². The summed E-state index contributed by atoms with van der Waals surface area (Å²) >= 11 is 1.41. The Morgan fingerprint density at radius 2 is 1.79 bits per heavy atom. The number of hydrogen-bond acceptors (Lipinski definition) is 10. The van der Waals surface area contributed by atoms with Crippen LogP contribution in [0.5, 0.6) is 11.5 Å². The van der Waals surface area contributed by atoms with Gasteiger partial charge in [-0.3, -0.25) is 9.59 Å². The van der Waals surface area contributed by atoms with Crippen LogP contribution in [0.15, 0.2) is 45.6 Å². The van der Waals surface area contributed by atoms with Crippen molar-refractivity contribution in [2.75, 3.05) is 41.0 Å². The van der Waals surface area contributed by atoms with Gasteiger partial charge in [0.05, 0.1) is 57.6 Å². The van der Waals surface area contributed by atoms with Crippen molar-refractivity contribution in [1.82, 2.24) is 9.80 Å². The quantitative estimate of drug-likeness (QED) is 0.416. The van der Waals surface area contributed by atoms with Crippen LogP contribution in [0.4, 0.5) is 0 Å². The molecule has 11 heteroatoms. The van der Waals surface area contributed by atoms with E-state index in [1.165, 1.54) is 18.9 Å². The lowest BCUT2D eigenvalue weighted by Crippen LogP contribution is -2.44. The van der Waals surface area contributed by atoms with Crippen molar-refractivity contribution in [3.05, 3.63) is 46.1 Å². The SMILES string of the molecule is CCOC(=O)[C@@H]1CCCN(C(=O)CC2=CSC3=NC(CC)=C(C(=O)OC)[C@@H](c4cc(OC)cc(OC)c4)N23)C1. The Balaban J connectivity index is 1.68. The second-order valence-electron chi connectivity index (χ2n) is 9.35. The number of carbonyl (C=O) groups excluding carboxylic acids is 3. The van der Waals surface area contributed by atoms with Gasteiger partial charge in [0.2, 0.25) is 5.91 Å². The summed E-state index contributed by atoms with van der Waals surface area (Å²) in [6.45, 7) is 4.95. The van der Waals surface area contributed by atoms with Crippen molar-refractivity contribution < 1.29 is 33.3 Å². The first kappa shape index (κ1) is 28.5. The molecule has 210 valence electrons. The fourth-order valence-corrected chi connectivity index (χ4v) is 6.08. The van der Waals surface area contributed by atoms with E-state index in [2.05, 4.69) is 0 Å². The maximum absolute atomic E-state index is 13.5. The number of amides is 1. The Kier molecular flexibility index (Phi) is 9.21. The number of hydrogen-bond donors (Lipinski definition) is 0. The van der Waals surface area contributed by atoms with Gasteiger partial charge in [-0.1, -0.05) is 18.7 Å². The first-order valence-electron chi connectivity index (χ1n) is 13.1. The largest absolute Gasteiger partial charge is 0.497 e. The molecule has 10 nitrogen and oxygen atoms in total. The third kappa shape index (κ3) is 5.93. The van der Waals surface area contributed by atoms with Gasteiger partial charge in [0.25, 0.3) is 0 Å². The lowest BCUT2D eigenvalue weighted by atomic mass is 9.92. The van der Waals surface area contributed by atoms with Crippen LogP contribution < -0.4 is 9.47 Å². The van der Waals surface area contributed by atoms with Crippen LogP contribution in [0.25, 0.3) is 0 Å². The molecule has 0 aliphatic carbocycles. The van der Waals surface area contributed by atoms with Gasteiger partial charge < -0.3 is 28.7 Å². The van der Waals surface area contributed by atoms with Crippen molar-refractivity contribution in [2.24, 2.45) is 10.9 Å². The van der Waals surface area contributed by atoms with Crippen molar-refractivity contribution >= 4 is 34.8 Å². The number of rotatable bonds is 9. The third-order valence-corrected chi connectivity index (χ3v) is 7.93. The van der Waals surface area contributed by atoms with Crippen LogP contribution >= 0.6 is 11.8 Å². The number of nitrogens with zero attached hydrogens (tertiary/aromatic N) is 3. The summed E-state index contributed by atoms with van der Waals surface area (Å²) < 4.78 is 21.4. The van der Waals surface area contributed by atoms with Crippen LogP contribution in [0, 0.1) is 5.92 Å². The van der Waals surface area contributed by atoms with E-state index < -0.39 is 12.0 Å². The summed E-state index contributed by atoms with van der Waals surface area (Å²) in [7, 11) is 4.48. The number of esters is 2. The molecular formula is C28H35N3O7S. The van der Waals surface area contributed by atoms with Crippen molar-refractivity contribution in [3.63, 3.8) is 0 Å². The van der Waals surface area contributed by atoms with Gasteiger partial charge in [0, 0.05) is 24.9 Å². The van der Waals surface area contributed by atoms with Crippen LogP contribution in [0.1, 0.15) is 51.1 Å². The lowest BCUT2D eigenvalue weighted by molar-refractivity contribution is -0.151. The summed E-state index contributed by atoms with van der Waals surface area (Å²) in [4.78, 5) is 47.4. The fourth-order valence-electron chi connectivity index (χ4n) is 5.14. The van der Waals surface area contributed by atoms with E-state index >= 15 is 0 Å². The van der Waals surface area contributed by atoms with Crippen molar-refractivity contribution in [2.45, 2.75) is 45.6 Å². The molecule has 0 radical (unpaired) electrons. The molecule has 4 rings (SSSR count). The minimum Gasteiger partial charge on any atom is -0.497 e. The number of benzene rings is 1. The predicted molar refractivity (Wildman–Crippen MR) is 147 cm³/mol. The number of allylic oxidation sites excluding steroid dienone is 1. The summed E-state index contributed by atoms with van der Waals surface area (Å²) in [5.74, 6) is -0.0195. The van der Waals surface area contributed by atoms with Crippen LogP contribution in [0.2, 0.25) is 0 Å². The molecule has 1 aromatic carbocycles. The number of piperidine rings is 1. The number of carbonyl (C=O) groups is 3. The zero-order chi connectivity index (χ0) is 28.1. The minimum absolute atomic E-state index is 0.0923. The molecule has 1 fully saturated rings. The fraction of sp³-hybridized carbons (Fsp3) is 0.500. The number of amidine groups is 1. The maximum Gasteiger partial charge on any atom is 0.338 e. The highest BCUT2D eigenvalue weighted by atomic mass is 32.2. The van der Waals surface area contributed by atoms with E-state index in [9.17, 15) is 14.4 Å². The number of aliphatic imine (C=N–C) groups is 1.